The van der Waals surface area contributed by atoms with Gasteiger partial charge in [0.05, 0.1) is 19.8 Å². The third kappa shape index (κ3) is 37.6. The quantitative estimate of drug-likeness (QED) is 0.0267. The average molecular weight is 929 g/mol. The van der Waals surface area contributed by atoms with Gasteiger partial charge in [-0.15, -0.1) is 0 Å². The third-order valence-corrected chi connectivity index (χ3v) is 12.1. The first-order valence-electron chi connectivity index (χ1n) is 27.0. The molecule has 0 amide bonds. The van der Waals surface area contributed by atoms with Gasteiger partial charge in [0.2, 0.25) is 0 Å². The molecule has 0 aliphatic carbocycles. The lowest BCUT2D eigenvalue weighted by Gasteiger charge is -2.39. The van der Waals surface area contributed by atoms with E-state index < -0.39 is 43.4 Å². The van der Waals surface area contributed by atoms with E-state index in [0.717, 1.165) is 83.5 Å². The maximum Gasteiger partial charge on any atom is 0.306 e. The lowest BCUT2D eigenvalue weighted by Crippen LogP contribution is -2.59. The summed E-state index contributed by atoms with van der Waals surface area (Å²) < 4.78 is 22.9. The molecular weight excluding hydrogens is 829 g/mol. The Bertz CT molecular complexity index is 1240. The molecule has 1 saturated heterocycles. The van der Waals surface area contributed by atoms with Crippen LogP contribution in [0.25, 0.3) is 0 Å². The summed E-state index contributed by atoms with van der Waals surface area (Å²) in [4.78, 5) is 12.9. The average Bonchev–Trinajstić information content (AvgIpc) is 3.32. The van der Waals surface area contributed by atoms with Crippen LogP contribution in [-0.2, 0) is 23.7 Å². The molecule has 1 rings (SSSR count). The van der Waals surface area contributed by atoms with Gasteiger partial charge in [-0.05, 0) is 64.2 Å². The summed E-state index contributed by atoms with van der Waals surface area (Å²) >= 11 is 0. The number of carbonyl (C=O) groups is 1. The lowest BCUT2D eigenvalue weighted by molar-refractivity contribution is -0.305. The number of aliphatic hydroxyl groups excluding tert-OH is 4. The van der Waals surface area contributed by atoms with Crippen molar-refractivity contribution in [3.63, 3.8) is 0 Å². The Labute approximate surface area is 404 Å². The van der Waals surface area contributed by atoms with Crippen molar-refractivity contribution in [3.05, 3.63) is 72.9 Å². The zero-order chi connectivity index (χ0) is 47.8. The lowest BCUT2D eigenvalue weighted by atomic mass is 9.99. The highest BCUT2D eigenvalue weighted by atomic mass is 16.7. The molecule has 0 saturated carbocycles. The van der Waals surface area contributed by atoms with Crippen molar-refractivity contribution in [1.29, 1.82) is 0 Å². The second-order valence-corrected chi connectivity index (χ2v) is 18.3. The van der Waals surface area contributed by atoms with Gasteiger partial charge >= 0.3 is 5.97 Å². The number of ether oxygens (including phenoxy) is 4. The minimum Gasteiger partial charge on any atom is -0.457 e. The zero-order valence-corrected chi connectivity index (χ0v) is 42.2. The van der Waals surface area contributed by atoms with Crippen LogP contribution in [0.5, 0.6) is 0 Å². The van der Waals surface area contributed by atoms with Crippen LogP contribution in [0.2, 0.25) is 0 Å². The second-order valence-electron chi connectivity index (χ2n) is 18.3. The van der Waals surface area contributed by atoms with Crippen molar-refractivity contribution >= 4 is 5.97 Å². The number of carbonyl (C=O) groups excluding carboxylic acids is 1. The number of hydrogen-bond donors (Lipinski definition) is 4. The fourth-order valence-electron chi connectivity index (χ4n) is 7.97. The Morgan fingerprint density at radius 2 is 0.924 bits per heavy atom. The molecule has 0 spiro atoms. The van der Waals surface area contributed by atoms with Crippen LogP contribution in [-0.4, -0.2) is 89.6 Å². The van der Waals surface area contributed by atoms with E-state index in [4.69, 9.17) is 18.9 Å². The molecule has 0 aromatic heterocycles. The molecule has 6 atom stereocenters. The topological polar surface area (TPSA) is 135 Å². The van der Waals surface area contributed by atoms with Gasteiger partial charge in [-0.2, -0.15) is 0 Å². The van der Waals surface area contributed by atoms with Gasteiger partial charge in [-0.25, -0.2) is 0 Å². The van der Waals surface area contributed by atoms with E-state index in [2.05, 4.69) is 86.8 Å². The first kappa shape index (κ1) is 61.6. The van der Waals surface area contributed by atoms with Gasteiger partial charge in [0.25, 0.3) is 0 Å². The Morgan fingerprint density at radius 3 is 1.39 bits per heavy atom. The van der Waals surface area contributed by atoms with Crippen LogP contribution in [0.1, 0.15) is 219 Å². The summed E-state index contributed by atoms with van der Waals surface area (Å²) in [6.45, 7) is 4.44. The van der Waals surface area contributed by atoms with E-state index in [-0.39, 0.29) is 25.6 Å². The SMILES string of the molecule is CC/C=C\C/C=C\C/C=C\C/C=C\C/C=C\C/C=C\CCCCCCC(=O)OC(COCCCCCCCCCCCCCCCCCCCCCC)COC1OC(CO)C(O)C(O)C1O. The Hall–Kier alpha value is -2.37. The minimum absolute atomic E-state index is 0.125. The molecule has 1 aliphatic heterocycles. The second kappa shape index (κ2) is 47.7. The highest BCUT2D eigenvalue weighted by Crippen LogP contribution is 2.23. The molecule has 0 aromatic carbocycles. The van der Waals surface area contributed by atoms with E-state index in [9.17, 15) is 25.2 Å². The molecule has 0 radical (unpaired) electrons. The molecule has 1 aliphatic rings. The molecule has 66 heavy (non-hydrogen) atoms. The van der Waals surface area contributed by atoms with Crippen molar-refractivity contribution < 1.29 is 44.2 Å². The van der Waals surface area contributed by atoms with Crippen LogP contribution in [0.3, 0.4) is 0 Å². The first-order chi connectivity index (χ1) is 32.4. The van der Waals surface area contributed by atoms with Gasteiger partial charge in [0.1, 0.15) is 30.5 Å². The number of allylic oxidation sites excluding steroid dienone is 12. The fourth-order valence-corrected chi connectivity index (χ4v) is 7.97. The van der Waals surface area contributed by atoms with Crippen molar-refractivity contribution in [2.24, 2.45) is 0 Å². The number of unbranched alkanes of at least 4 members (excludes halogenated alkanes) is 23. The summed E-state index contributed by atoms with van der Waals surface area (Å²) in [6, 6.07) is 0. The monoisotopic (exact) mass is 929 g/mol. The Balaban J connectivity index is 2.22. The molecule has 6 unspecified atom stereocenters. The fraction of sp³-hybridized carbons (Fsp3) is 0.772. The summed E-state index contributed by atoms with van der Waals surface area (Å²) in [6.07, 6.45) is 56.5. The molecule has 1 fully saturated rings. The maximum absolute atomic E-state index is 12.9. The van der Waals surface area contributed by atoms with E-state index in [1.807, 2.05) is 0 Å². The number of aliphatic hydroxyl groups is 4. The molecule has 9 heteroatoms. The van der Waals surface area contributed by atoms with E-state index in [0.29, 0.717) is 6.61 Å². The van der Waals surface area contributed by atoms with Gasteiger partial charge in [0.15, 0.2) is 6.29 Å². The van der Waals surface area contributed by atoms with Gasteiger partial charge in [0, 0.05) is 13.0 Å². The smallest absolute Gasteiger partial charge is 0.306 e. The normalized spacial score (nSPS) is 19.9. The maximum atomic E-state index is 12.9. The van der Waals surface area contributed by atoms with Crippen molar-refractivity contribution in [3.8, 4) is 0 Å². The first-order valence-corrected chi connectivity index (χ1v) is 27.0. The van der Waals surface area contributed by atoms with Crippen LogP contribution in [0.4, 0.5) is 0 Å². The molecule has 0 aromatic rings. The molecule has 4 N–H and O–H groups in total. The highest BCUT2D eigenvalue weighted by Gasteiger charge is 2.44. The van der Waals surface area contributed by atoms with E-state index in [1.165, 1.54) is 116 Å². The van der Waals surface area contributed by atoms with Gasteiger partial charge < -0.3 is 39.4 Å². The Kier molecular flexibility index (Phi) is 44.5. The van der Waals surface area contributed by atoms with Crippen molar-refractivity contribution in [2.45, 2.75) is 256 Å². The van der Waals surface area contributed by atoms with E-state index >= 15 is 0 Å². The van der Waals surface area contributed by atoms with Crippen molar-refractivity contribution in [2.75, 3.05) is 26.4 Å². The molecule has 0 bridgehead atoms. The third-order valence-electron chi connectivity index (χ3n) is 12.1. The number of esters is 1. The van der Waals surface area contributed by atoms with Gasteiger partial charge in [-0.3, -0.25) is 4.79 Å². The summed E-state index contributed by atoms with van der Waals surface area (Å²) in [5.41, 5.74) is 0. The summed E-state index contributed by atoms with van der Waals surface area (Å²) in [5, 5.41) is 40.3. The van der Waals surface area contributed by atoms with Crippen LogP contribution in [0.15, 0.2) is 72.9 Å². The highest BCUT2D eigenvalue weighted by molar-refractivity contribution is 5.69. The zero-order valence-electron chi connectivity index (χ0n) is 42.2. The number of rotatable bonds is 46. The summed E-state index contributed by atoms with van der Waals surface area (Å²) in [5.74, 6) is -0.336. The Morgan fingerprint density at radius 1 is 0.500 bits per heavy atom. The predicted octanol–water partition coefficient (Wildman–Crippen LogP) is 13.6. The minimum atomic E-state index is -1.54. The molecular formula is C57H100O9. The summed E-state index contributed by atoms with van der Waals surface area (Å²) in [7, 11) is 0. The van der Waals surface area contributed by atoms with E-state index in [1.54, 1.807) is 0 Å². The van der Waals surface area contributed by atoms with Crippen LogP contribution in [0, 0.1) is 0 Å². The standard InChI is InChI=1S/C57H100O9/c1-3-5-7-9-11-13-15-17-19-21-23-25-26-27-28-30-32-34-36-38-40-42-44-46-53(59)65-51(50-64-57-56(62)55(61)54(60)52(48-58)66-57)49-63-47-45-43-41-39-37-35-33-31-29-24-22-20-18-16-14-12-10-8-6-4-2/h5,7,11,13,17,19,23,25,27-28,32,34,51-52,54-58,60-62H,3-4,6,8-10,12,14-16,18,20-22,24,26,29-31,33,35-50H2,1-2H3/b7-5-,13-11-,19-17-,25-23-,28-27-,34-32-. The predicted molar refractivity (Wildman–Crippen MR) is 274 cm³/mol. The van der Waals surface area contributed by atoms with Crippen molar-refractivity contribution in [1.82, 2.24) is 0 Å². The molecule has 382 valence electrons. The molecule has 1 heterocycles. The van der Waals surface area contributed by atoms with Gasteiger partial charge in [-0.1, -0.05) is 222 Å². The molecule has 9 nitrogen and oxygen atoms in total. The number of hydrogen-bond acceptors (Lipinski definition) is 9. The largest absolute Gasteiger partial charge is 0.457 e. The van der Waals surface area contributed by atoms with Crippen LogP contribution >= 0.6 is 0 Å². The van der Waals surface area contributed by atoms with Crippen LogP contribution < -0.4 is 0 Å².